The normalized spacial score (nSPS) is 11.1. The molecule has 1 aromatic rings. The SMILES string of the molecule is CCCCCCCCCCc1ccc(C(OC(N)=O)OC(N)=O)c(CCCCCCCCCC)c1. The summed E-state index contributed by atoms with van der Waals surface area (Å²) in [6.07, 6.45) is 18.8. The highest BCUT2D eigenvalue weighted by atomic mass is 16.7. The number of rotatable bonds is 21. The number of ether oxygens (including phenoxy) is 2. The molecule has 6 nitrogen and oxygen atoms in total. The molecule has 35 heavy (non-hydrogen) atoms. The maximum atomic E-state index is 11.4. The summed E-state index contributed by atoms with van der Waals surface area (Å²) < 4.78 is 10.2. The molecule has 6 heteroatoms. The number of hydrogen-bond acceptors (Lipinski definition) is 4. The topological polar surface area (TPSA) is 105 Å². The minimum atomic E-state index is -1.22. The minimum absolute atomic E-state index is 0.644. The van der Waals surface area contributed by atoms with Gasteiger partial charge in [0.25, 0.3) is 6.29 Å². The van der Waals surface area contributed by atoms with Crippen LogP contribution in [0.1, 0.15) is 140 Å². The molecule has 0 spiro atoms. The predicted octanol–water partition coefficient (Wildman–Crippen LogP) is 8.24. The van der Waals surface area contributed by atoms with E-state index in [1.54, 1.807) is 0 Å². The highest BCUT2D eigenvalue weighted by Gasteiger charge is 2.22. The largest absolute Gasteiger partial charge is 0.407 e. The molecular weight excluding hydrogens is 440 g/mol. The van der Waals surface area contributed by atoms with Crippen LogP contribution in [-0.2, 0) is 22.3 Å². The Morgan fingerprint density at radius 2 is 1.09 bits per heavy atom. The van der Waals surface area contributed by atoms with Crippen LogP contribution in [0.3, 0.4) is 0 Å². The van der Waals surface area contributed by atoms with Gasteiger partial charge in [0.15, 0.2) is 0 Å². The summed E-state index contributed by atoms with van der Waals surface area (Å²) in [4.78, 5) is 22.8. The Labute approximate surface area is 213 Å². The maximum Gasteiger partial charge on any atom is 0.407 e. The molecule has 0 unspecified atom stereocenters. The number of amides is 2. The first-order valence-corrected chi connectivity index (χ1v) is 14.0. The Balaban J connectivity index is 2.70. The number of unbranched alkanes of at least 4 members (excludes halogenated alkanes) is 14. The molecule has 200 valence electrons. The van der Waals surface area contributed by atoms with Gasteiger partial charge in [-0.2, -0.15) is 0 Å². The molecule has 0 aliphatic carbocycles. The van der Waals surface area contributed by atoms with Crippen molar-refractivity contribution in [3.05, 3.63) is 34.9 Å². The van der Waals surface area contributed by atoms with Gasteiger partial charge in [0, 0.05) is 5.56 Å². The minimum Gasteiger partial charge on any atom is -0.405 e. The standard InChI is InChI=1S/C29H50N2O4/c1-3-5-7-9-11-13-15-17-19-24-21-22-26(27(34-28(30)32)35-29(31)33)25(23-24)20-18-16-14-12-10-8-6-4-2/h21-23,27H,3-20H2,1-2H3,(H2,30,32)(H2,31,33). The smallest absolute Gasteiger partial charge is 0.405 e. The van der Waals surface area contributed by atoms with E-state index in [-0.39, 0.29) is 0 Å². The van der Waals surface area contributed by atoms with Crippen molar-refractivity contribution in [2.45, 2.75) is 136 Å². The van der Waals surface area contributed by atoms with Crippen LogP contribution in [0.2, 0.25) is 0 Å². The van der Waals surface area contributed by atoms with Gasteiger partial charge in [0.2, 0.25) is 0 Å². The lowest BCUT2D eigenvalue weighted by Crippen LogP contribution is -2.25. The van der Waals surface area contributed by atoms with Gasteiger partial charge in [-0.05, 0) is 36.8 Å². The quantitative estimate of drug-likeness (QED) is 0.134. The highest BCUT2D eigenvalue weighted by Crippen LogP contribution is 2.27. The van der Waals surface area contributed by atoms with E-state index in [0.29, 0.717) is 5.56 Å². The third kappa shape index (κ3) is 15.4. The van der Waals surface area contributed by atoms with Crippen LogP contribution in [0.4, 0.5) is 9.59 Å². The Morgan fingerprint density at radius 3 is 1.54 bits per heavy atom. The van der Waals surface area contributed by atoms with Crippen molar-refractivity contribution in [2.75, 3.05) is 0 Å². The molecule has 2 amide bonds. The van der Waals surface area contributed by atoms with Gasteiger partial charge >= 0.3 is 12.2 Å². The highest BCUT2D eigenvalue weighted by molar-refractivity contribution is 5.67. The fourth-order valence-corrected chi connectivity index (χ4v) is 4.54. The molecule has 0 saturated carbocycles. The Morgan fingerprint density at radius 1 is 0.657 bits per heavy atom. The van der Waals surface area contributed by atoms with Crippen molar-refractivity contribution in [1.82, 2.24) is 0 Å². The third-order valence-corrected chi connectivity index (χ3v) is 6.53. The van der Waals surface area contributed by atoms with Crippen LogP contribution in [0.15, 0.2) is 18.2 Å². The Kier molecular flexibility index (Phi) is 17.6. The molecule has 0 atom stereocenters. The first-order valence-electron chi connectivity index (χ1n) is 14.0. The molecule has 1 rings (SSSR count). The van der Waals surface area contributed by atoms with Gasteiger partial charge < -0.3 is 20.9 Å². The second-order valence-electron chi connectivity index (χ2n) is 9.69. The monoisotopic (exact) mass is 490 g/mol. The first kappa shape index (κ1) is 30.8. The maximum absolute atomic E-state index is 11.4. The molecule has 1 aromatic carbocycles. The molecule has 0 saturated heterocycles. The van der Waals surface area contributed by atoms with Gasteiger partial charge in [0.05, 0.1) is 0 Å². The summed E-state index contributed by atoms with van der Waals surface area (Å²) in [5, 5.41) is 0. The Bertz CT molecular complexity index is 692. The van der Waals surface area contributed by atoms with E-state index in [2.05, 4.69) is 19.9 Å². The fraction of sp³-hybridized carbons (Fsp3) is 0.724. The van der Waals surface area contributed by atoms with Crippen LogP contribution in [0, 0.1) is 0 Å². The molecule has 0 bridgehead atoms. The zero-order chi connectivity index (χ0) is 25.7. The Hall–Kier alpha value is -2.24. The first-order chi connectivity index (χ1) is 17.0. The number of aryl methyl sites for hydroxylation is 2. The second kappa shape index (κ2) is 20.0. The lowest BCUT2D eigenvalue weighted by molar-refractivity contribution is -0.0583. The predicted molar refractivity (Wildman–Crippen MR) is 143 cm³/mol. The fourth-order valence-electron chi connectivity index (χ4n) is 4.54. The van der Waals surface area contributed by atoms with E-state index in [1.165, 1.54) is 89.0 Å². The average molecular weight is 491 g/mol. The summed E-state index contributed by atoms with van der Waals surface area (Å²) in [5.41, 5.74) is 13.4. The van der Waals surface area contributed by atoms with Gasteiger partial charge in [-0.25, -0.2) is 9.59 Å². The van der Waals surface area contributed by atoms with Crippen molar-refractivity contribution in [1.29, 1.82) is 0 Å². The van der Waals surface area contributed by atoms with E-state index < -0.39 is 18.5 Å². The van der Waals surface area contributed by atoms with Crippen molar-refractivity contribution in [2.24, 2.45) is 11.5 Å². The van der Waals surface area contributed by atoms with Crippen molar-refractivity contribution < 1.29 is 19.1 Å². The molecule has 0 aliphatic heterocycles. The second-order valence-corrected chi connectivity index (χ2v) is 9.69. The van der Waals surface area contributed by atoms with Crippen molar-refractivity contribution in [3.8, 4) is 0 Å². The summed E-state index contributed by atoms with van der Waals surface area (Å²) in [6, 6.07) is 6.08. The van der Waals surface area contributed by atoms with Gasteiger partial charge in [-0.15, -0.1) is 0 Å². The molecule has 4 N–H and O–H groups in total. The number of benzene rings is 1. The summed E-state index contributed by atoms with van der Waals surface area (Å²) in [5.74, 6) is 0. The van der Waals surface area contributed by atoms with Gasteiger partial charge in [-0.1, -0.05) is 122 Å². The van der Waals surface area contributed by atoms with Crippen LogP contribution in [0.25, 0.3) is 0 Å². The lowest BCUT2D eigenvalue weighted by atomic mass is 9.95. The van der Waals surface area contributed by atoms with Crippen LogP contribution >= 0.6 is 0 Å². The van der Waals surface area contributed by atoms with Crippen molar-refractivity contribution in [3.63, 3.8) is 0 Å². The van der Waals surface area contributed by atoms with Crippen LogP contribution < -0.4 is 11.5 Å². The van der Waals surface area contributed by atoms with E-state index in [0.717, 1.165) is 37.7 Å². The number of carbonyl (C=O) groups excluding carboxylic acids is 2. The lowest BCUT2D eigenvalue weighted by Gasteiger charge is -2.20. The summed E-state index contributed by atoms with van der Waals surface area (Å²) in [7, 11) is 0. The number of nitrogens with two attached hydrogens (primary N) is 2. The van der Waals surface area contributed by atoms with Gasteiger partial charge in [-0.3, -0.25) is 0 Å². The molecule has 0 aliphatic rings. The van der Waals surface area contributed by atoms with Crippen LogP contribution in [0.5, 0.6) is 0 Å². The summed E-state index contributed by atoms with van der Waals surface area (Å²) >= 11 is 0. The molecule has 0 fully saturated rings. The van der Waals surface area contributed by atoms with Gasteiger partial charge in [0.1, 0.15) is 0 Å². The molecule has 0 heterocycles. The number of carbonyl (C=O) groups is 2. The summed E-state index contributed by atoms with van der Waals surface area (Å²) in [6.45, 7) is 4.48. The van der Waals surface area contributed by atoms with Crippen LogP contribution in [-0.4, -0.2) is 12.2 Å². The van der Waals surface area contributed by atoms with E-state index in [1.807, 2.05) is 12.1 Å². The molecule has 0 radical (unpaired) electrons. The molecule has 0 aromatic heterocycles. The zero-order valence-electron chi connectivity index (χ0n) is 22.3. The molecular formula is C29H50N2O4. The number of hydrogen-bond donors (Lipinski definition) is 2. The average Bonchev–Trinajstić information content (AvgIpc) is 2.81. The zero-order valence-corrected chi connectivity index (χ0v) is 22.3. The van der Waals surface area contributed by atoms with E-state index >= 15 is 0 Å². The number of primary amides is 2. The van der Waals surface area contributed by atoms with Crippen molar-refractivity contribution >= 4 is 12.2 Å². The van der Waals surface area contributed by atoms with E-state index in [4.69, 9.17) is 20.9 Å². The van der Waals surface area contributed by atoms with E-state index in [9.17, 15) is 9.59 Å². The third-order valence-electron chi connectivity index (χ3n) is 6.53.